The summed E-state index contributed by atoms with van der Waals surface area (Å²) in [6.07, 6.45) is 17.0. The molecule has 2 aliphatic heterocycles. The maximum absolute atomic E-state index is 12.7. The molecule has 1 amide bonds. The first-order chi connectivity index (χ1) is 28.3. The summed E-state index contributed by atoms with van der Waals surface area (Å²) in [5.74, 6) is -2.79. The van der Waals surface area contributed by atoms with E-state index in [0.717, 1.165) is 37.0 Å². The second-order valence-corrected chi connectivity index (χ2v) is 18.0. The summed E-state index contributed by atoms with van der Waals surface area (Å²) >= 11 is 0. The van der Waals surface area contributed by atoms with Crippen molar-refractivity contribution in [3.05, 3.63) is 82.7 Å². The molecule has 334 valence electrons. The fourth-order valence-corrected chi connectivity index (χ4v) is 9.59. The fourth-order valence-electron chi connectivity index (χ4n) is 9.59. The van der Waals surface area contributed by atoms with Gasteiger partial charge in [-0.25, -0.2) is 0 Å². The smallest absolute Gasteiger partial charge is 0.258 e. The number of amides is 1. The van der Waals surface area contributed by atoms with Crippen LogP contribution in [0.4, 0.5) is 0 Å². The van der Waals surface area contributed by atoms with Crippen LogP contribution in [0.1, 0.15) is 99.3 Å². The van der Waals surface area contributed by atoms with E-state index in [0.29, 0.717) is 31.3 Å². The Hall–Kier alpha value is -3.85. The van der Waals surface area contributed by atoms with E-state index in [1.807, 2.05) is 50.8 Å². The Kier molecular flexibility index (Phi) is 17.7. The average molecular weight is 837 g/mol. The van der Waals surface area contributed by atoms with Crippen LogP contribution in [0, 0.1) is 40.4 Å². The number of nitrogens with two attached hydrogens (primary N) is 1. The molecule has 4 rings (SSSR count). The first-order valence-corrected chi connectivity index (χ1v) is 21.8. The molecule has 4 aliphatic rings. The monoisotopic (exact) mass is 837 g/mol. The zero-order valence-corrected chi connectivity index (χ0v) is 36.4. The van der Waals surface area contributed by atoms with Crippen molar-refractivity contribution in [3.8, 4) is 0 Å². The molecular formula is C47H72N4O9. The molecule has 3 fully saturated rings. The van der Waals surface area contributed by atoms with E-state index < -0.39 is 59.6 Å². The third-order valence-corrected chi connectivity index (χ3v) is 13.5. The van der Waals surface area contributed by atoms with Crippen LogP contribution in [0.15, 0.2) is 82.7 Å². The molecule has 0 aromatic rings. The Bertz CT molecular complexity index is 1730. The Morgan fingerprint density at radius 2 is 1.67 bits per heavy atom. The molecule has 0 aromatic heterocycles. The maximum Gasteiger partial charge on any atom is 0.258 e. The number of nitrogens with zero attached hydrogens (tertiary/aromatic N) is 1. The molecule has 13 atom stereocenters. The van der Waals surface area contributed by atoms with Crippen molar-refractivity contribution < 1.29 is 45.3 Å². The average Bonchev–Trinajstić information content (AvgIpc) is 3.82. The predicted octanol–water partition coefficient (Wildman–Crippen LogP) is 4.41. The van der Waals surface area contributed by atoms with E-state index in [4.69, 9.17) is 11.1 Å². The lowest BCUT2D eigenvalue weighted by molar-refractivity contribution is -0.117. The van der Waals surface area contributed by atoms with Gasteiger partial charge < -0.3 is 51.7 Å². The summed E-state index contributed by atoms with van der Waals surface area (Å²) in [7, 11) is 0. The Morgan fingerprint density at radius 1 is 0.967 bits per heavy atom. The summed E-state index contributed by atoms with van der Waals surface area (Å²) in [5.41, 5.74) is 6.69. The third kappa shape index (κ3) is 11.9. The van der Waals surface area contributed by atoms with Crippen LogP contribution in [-0.2, 0) is 9.59 Å². The number of aliphatic hydroxyl groups excluding tert-OH is 7. The van der Waals surface area contributed by atoms with Gasteiger partial charge in [-0.05, 0) is 89.2 Å². The lowest BCUT2D eigenvalue weighted by atomic mass is 9.52. The van der Waals surface area contributed by atoms with Crippen LogP contribution in [0.3, 0.4) is 0 Å². The number of ketones is 1. The Labute approximate surface area is 356 Å². The predicted molar refractivity (Wildman–Crippen MR) is 233 cm³/mol. The quantitative estimate of drug-likeness (QED) is 0.0232. The number of carbonyl (C=O) groups is 2. The van der Waals surface area contributed by atoms with Crippen molar-refractivity contribution in [1.29, 1.82) is 5.41 Å². The molecule has 60 heavy (non-hydrogen) atoms. The highest BCUT2D eigenvalue weighted by Crippen LogP contribution is 2.57. The van der Waals surface area contributed by atoms with Gasteiger partial charge in [-0.1, -0.05) is 87.4 Å². The Morgan fingerprint density at radius 3 is 2.33 bits per heavy atom. The van der Waals surface area contributed by atoms with Crippen LogP contribution < -0.4 is 11.1 Å². The van der Waals surface area contributed by atoms with Crippen molar-refractivity contribution in [1.82, 2.24) is 10.2 Å². The van der Waals surface area contributed by atoms with E-state index in [1.54, 1.807) is 44.2 Å². The SMILES string of the molecule is CC1=CC2C(O)CCCC2C(C)(C(O)=C2C(=O)CNC2=O)C1/C=C/C(C)C(O)/C(C)=C/CC(O)/C=C/C(C)C(O)/C=C/CC(O)/C(C)=C/CC(O)CC1CCCN1C(=N)N. The molecule has 13 unspecified atom stereocenters. The number of fused-ring (bicyclic) bond motifs is 1. The summed E-state index contributed by atoms with van der Waals surface area (Å²) in [6, 6.07) is 0.0523. The van der Waals surface area contributed by atoms with Gasteiger partial charge in [0.25, 0.3) is 5.91 Å². The lowest BCUT2D eigenvalue weighted by Gasteiger charge is -2.52. The van der Waals surface area contributed by atoms with E-state index in [9.17, 15) is 45.3 Å². The molecule has 13 heteroatoms. The van der Waals surface area contributed by atoms with Crippen molar-refractivity contribution >= 4 is 17.6 Å². The van der Waals surface area contributed by atoms with Gasteiger partial charge in [0.05, 0.1) is 43.2 Å². The van der Waals surface area contributed by atoms with E-state index in [2.05, 4.69) is 11.4 Å². The molecule has 2 aliphatic carbocycles. The molecule has 0 bridgehead atoms. The summed E-state index contributed by atoms with van der Waals surface area (Å²) < 4.78 is 0. The van der Waals surface area contributed by atoms with E-state index in [1.165, 1.54) is 0 Å². The highest BCUT2D eigenvalue weighted by atomic mass is 16.3. The van der Waals surface area contributed by atoms with Gasteiger partial charge in [-0.3, -0.25) is 15.0 Å². The molecule has 11 N–H and O–H groups in total. The third-order valence-electron chi connectivity index (χ3n) is 13.5. The standard InChI is InChI=1S/C47H72N4O9/c1-27(38(54)12-8-13-39(55)28(2)16-21-34(53)25-32-10-9-23-51(32)46(48)49)15-19-33(52)20-17-29(3)43(58)30(4)18-22-36-31(5)24-35-37(11-7-14-40(35)56)47(36,6)44(59)42-41(57)26-50-45(42)60/h8,12,15-19,22,24,27,30,32-40,43,52-56,58-59H,7,9-11,13-14,20-21,23,25-26H2,1-6H3,(H3,48,49)(H,50,60)/b12-8+,19-15+,22-18+,28-16+,29-17+,44-42?. The highest BCUT2D eigenvalue weighted by Gasteiger charge is 2.54. The van der Waals surface area contributed by atoms with Gasteiger partial charge in [0, 0.05) is 41.7 Å². The van der Waals surface area contributed by atoms with Gasteiger partial charge in [-0.2, -0.15) is 0 Å². The number of hydrogen-bond donors (Lipinski definition) is 10. The minimum atomic E-state index is -1.04. The second-order valence-electron chi connectivity index (χ2n) is 18.0. The van der Waals surface area contributed by atoms with Gasteiger partial charge in [0.1, 0.15) is 11.3 Å². The first kappa shape index (κ1) is 48.8. The maximum atomic E-state index is 12.7. The summed E-state index contributed by atoms with van der Waals surface area (Å²) in [4.78, 5) is 27.3. The van der Waals surface area contributed by atoms with Crippen LogP contribution in [-0.4, -0.2) is 114 Å². The number of rotatable bonds is 18. The molecule has 2 saturated heterocycles. The minimum absolute atomic E-state index is 0.0308. The zero-order chi connectivity index (χ0) is 44.5. The Balaban J connectivity index is 1.30. The van der Waals surface area contributed by atoms with Gasteiger partial charge >= 0.3 is 0 Å². The van der Waals surface area contributed by atoms with Crippen molar-refractivity contribution in [2.45, 2.75) is 142 Å². The van der Waals surface area contributed by atoms with E-state index >= 15 is 0 Å². The number of Topliss-reactive ketones (excluding diaryl/α,β-unsaturated/α-hetero) is 1. The molecule has 13 nitrogen and oxygen atoms in total. The molecular weight excluding hydrogens is 765 g/mol. The first-order valence-electron chi connectivity index (χ1n) is 21.8. The number of nitrogens with one attached hydrogen (secondary N) is 2. The number of allylic oxidation sites excluding steroid dienone is 3. The number of likely N-dealkylation sites (tertiary alicyclic amines) is 1. The number of hydrogen-bond acceptors (Lipinski definition) is 10. The van der Waals surface area contributed by atoms with E-state index in [-0.39, 0.29) is 66.4 Å². The molecule has 0 radical (unpaired) electrons. The molecule has 1 saturated carbocycles. The number of aliphatic hydroxyl groups is 7. The largest absolute Gasteiger partial charge is 0.511 e. The number of guanidine groups is 1. The van der Waals surface area contributed by atoms with Crippen LogP contribution in [0.25, 0.3) is 0 Å². The normalized spacial score (nSPS) is 31.2. The van der Waals surface area contributed by atoms with Crippen molar-refractivity contribution in [2.24, 2.45) is 40.7 Å². The molecule has 0 spiro atoms. The topological polar surface area (TPSA) is 241 Å². The summed E-state index contributed by atoms with van der Waals surface area (Å²) in [6.45, 7) is 11.7. The minimum Gasteiger partial charge on any atom is -0.511 e. The molecule has 0 aromatic carbocycles. The fraction of sp³-hybridized carbons (Fsp3) is 0.638. The lowest BCUT2D eigenvalue weighted by Crippen LogP contribution is -2.49. The van der Waals surface area contributed by atoms with Crippen LogP contribution >= 0.6 is 0 Å². The second kappa shape index (κ2) is 21.8. The van der Waals surface area contributed by atoms with Crippen molar-refractivity contribution in [2.75, 3.05) is 13.1 Å². The van der Waals surface area contributed by atoms with Crippen LogP contribution in [0.5, 0.6) is 0 Å². The zero-order valence-electron chi connectivity index (χ0n) is 36.4. The number of carbonyl (C=O) groups excluding carboxylic acids is 2. The van der Waals surface area contributed by atoms with Crippen molar-refractivity contribution in [3.63, 3.8) is 0 Å². The molecule has 2 heterocycles. The van der Waals surface area contributed by atoms with Crippen LogP contribution in [0.2, 0.25) is 0 Å². The summed E-state index contributed by atoms with van der Waals surface area (Å²) in [5, 5.41) is 86.8. The van der Waals surface area contributed by atoms with Gasteiger partial charge in [-0.15, -0.1) is 0 Å². The highest BCUT2D eigenvalue weighted by molar-refractivity contribution is 6.25. The van der Waals surface area contributed by atoms with Gasteiger partial charge in [0.2, 0.25) is 0 Å². The van der Waals surface area contributed by atoms with Gasteiger partial charge in [0.15, 0.2) is 11.7 Å².